The number of nitrogens with zero attached hydrogens (tertiary/aromatic N) is 7. The molecule has 0 unspecified atom stereocenters. The van der Waals surface area contributed by atoms with E-state index in [0.29, 0.717) is 0 Å². The predicted octanol–water partition coefficient (Wildman–Crippen LogP) is 29.9. The zero-order valence-electron chi connectivity index (χ0n) is 68.8. The summed E-state index contributed by atoms with van der Waals surface area (Å²) in [5.74, 6) is 5.83. The van der Waals surface area contributed by atoms with E-state index in [9.17, 15) is 0 Å². The highest BCUT2D eigenvalue weighted by Gasteiger charge is 1.88. The molecule has 0 radical (unpaired) electrons. The molecule has 7 heteroatoms. The van der Waals surface area contributed by atoms with Crippen molar-refractivity contribution in [2.45, 2.75) is 242 Å². The predicted molar refractivity (Wildman–Crippen MR) is 445 cm³/mol. The van der Waals surface area contributed by atoms with Crippen molar-refractivity contribution < 1.29 is 0 Å². The second kappa shape index (κ2) is 104. The normalized spacial score (nSPS) is 8.19. The van der Waals surface area contributed by atoms with E-state index in [-0.39, 0.29) is 0 Å². The molecule has 0 amide bonds. The number of aromatic nitrogens is 7. The molecule has 96 heavy (non-hydrogen) atoms. The van der Waals surface area contributed by atoms with Crippen LogP contribution in [0.2, 0.25) is 0 Å². The molecule has 0 atom stereocenters. The standard InChI is InChI=1S/C10H8.2C9H7N.C6H6.C5H5N.2C4H4N2.7C4H10.7C2H6/c1-2-6-10-8-4-3-7-9(10)5-1;1-2-6-9-8(4-1)5-3-7-10-9;1-2-4-9-7-10-6-5-8(9)3-1;2*1-2-4-6-5-3-1;1-2-6-4-3-5-1;1-2-5-4-6-3-1;7*1-4(2)3;7*1-2/h1-8H;2*1-7H;1-6H;1-5H;2*1-4H;7*4H,1-3H3;7*1-2H3. The third kappa shape index (κ3) is 127. The van der Waals surface area contributed by atoms with E-state index in [1.54, 1.807) is 55.6 Å². The second-order valence-electron chi connectivity index (χ2n) is 22.9. The number of rotatable bonds is 0. The van der Waals surface area contributed by atoms with E-state index in [1.807, 2.05) is 213 Å². The van der Waals surface area contributed by atoms with Crippen molar-refractivity contribution >= 4 is 32.4 Å². The lowest BCUT2D eigenvalue weighted by atomic mass is 10.1. The summed E-state index contributed by atoms with van der Waals surface area (Å²) >= 11 is 0. The Balaban J connectivity index is -0.0000000900. The summed E-state index contributed by atoms with van der Waals surface area (Å²) in [5.41, 5.74) is 1.06. The van der Waals surface area contributed by atoms with Crippen molar-refractivity contribution in [3.8, 4) is 0 Å². The molecule has 10 aromatic rings. The minimum atomic E-state index is 0.833. The van der Waals surface area contributed by atoms with Gasteiger partial charge in [0.05, 0.1) is 5.52 Å². The Bertz CT molecular complexity index is 2040. The van der Waals surface area contributed by atoms with Gasteiger partial charge < -0.3 is 0 Å². The van der Waals surface area contributed by atoms with Gasteiger partial charge in [0.25, 0.3) is 0 Å². The Morgan fingerprint density at radius 1 is 0.177 bits per heavy atom. The first-order chi connectivity index (χ1) is 46.0. The zero-order valence-corrected chi connectivity index (χ0v) is 68.8. The van der Waals surface area contributed by atoms with Crippen LogP contribution in [0.25, 0.3) is 32.4 Å². The number of hydrogen-bond acceptors (Lipinski definition) is 7. The van der Waals surface area contributed by atoms with Crippen LogP contribution in [0.15, 0.2) is 250 Å². The highest BCUT2D eigenvalue weighted by molar-refractivity contribution is 5.82. The van der Waals surface area contributed by atoms with Crippen molar-refractivity contribution in [2.24, 2.45) is 41.4 Å². The van der Waals surface area contributed by atoms with Crippen LogP contribution in [-0.2, 0) is 0 Å². The van der Waals surface area contributed by atoms with Crippen molar-refractivity contribution in [3.63, 3.8) is 0 Å². The molecule has 0 saturated carbocycles. The Hall–Kier alpha value is -7.51. The molecular formula is C89H153N7. The summed E-state index contributed by atoms with van der Waals surface area (Å²) < 4.78 is 0. The summed E-state index contributed by atoms with van der Waals surface area (Å²) in [6.45, 7) is 73.5. The number of para-hydroxylation sites is 1. The maximum Gasteiger partial charge on any atom is 0.115 e. The van der Waals surface area contributed by atoms with Gasteiger partial charge in [-0.3, -0.25) is 24.9 Å². The molecule has 544 valence electrons. The van der Waals surface area contributed by atoms with Gasteiger partial charge in [0, 0.05) is 73.6 Å². The van der Waals surface area contributed by atoms with E-state index >= 15 is 0 Å². The number of fused-ring (bicyclic) bond motifs is 3. The fraction of sp³-hybridized carbons (Fsp3) is 0.472. The fourth-order valence-electron chi connectivity index (χ4n) is 4.38. The van der Waals surface area contributed by atoms with Gasteiger partial charge in [0.1, 0.15) is 6.33 Å². The minimum absolute atomic E-state index is 0.833. The molecule has 7 nitrogen and oxygen atoms in total. The molecule has 5 aromatic carbocycles. The molecule has 0 aliphatic carbocycles. The third-order valence-electron chi connectivity index (χ3n) is 6.91. The fourth-order valence-corrected chi connectivity index (χ4v) is 4.38. The van der Waals surface area contributed by atoms with Crippen LogP contribution in [0.1, 0.15) is 242 Å². The smallest absolute Gasteiger partial charge is 0.115 e. The quantitative estimate of drug-likeness (QED) is 0.149. The number of hydrogen-bond donors (Lipinski definition) is 0. The summed E-state index contributed by atoms with van der Waals surface area (Å²) in [6.07, 6.45) is 20.4. The summed E-state index contributed by atoms with van der Waals surface area (Å²) in [7, 11) is 0. The lowest BCUT2D eigenvalue weighted by Gasteiger charge is -1.92. The molecule has 5 heterocycles. The van der Waals surface area contributed by atoms with Crippen LogP contribution >= 0.6 is 0 Å². The van der Waals surface area contributed by atoms with Crippen LogP contribution in [0, 0.1) is 41.4 Å². The van der Waals surface area contributed by atoms with Gasteiger partial charge in [-0.2, -0.15) is 0 Å². The van der Waals surface area contributed by atoms with Crippen molar-refractivity contribution in [1.29, 1.82) is 0 Å². The average molecular weight is 1320 g/mol. The van der Waals surface area contributed by atoms with E-state index in [1.165, 1.54) is 33.3 Å². The number of benzene rings is 5. The maximum atomic E-state index is 4.18. The second-order valence-corrected chi connectivity index (χ2v) is 22.9. The molecular weight excluding hydrogens is 1170 g/mol. The Morgan fingerprint density at radius 3 is 0.625 bits per heavy atom. The van der Waals surface area contributed by atoms with Crippen molar-refractivity contribution in [1.82, 2.24) is 34.9 Å². The van der Waals surface area contributed by atoms with Crippen molar-refractivity contribution in [2.75, 3.05) is 0 Å². The van der Waals surface area contributed by atoms with Gasteiger partial charge >= 0.3 is 0 Å². The van der Waals surface area contributed by atoms with E-state index < -0.39 is 0 Å². The van der Waals surface area contributed by atoms with E-state index in [4.69, 9.17) is 0 Å². The molecule has 0 spiro atoms. The maximum absolute atomic E-state index is 4.18. The zero-order chi connectivity index (χ0) is 76.4. The highest BCUT2D eigenvalue weighted by atomic mass is 14.8. The lowest BCUT2D eigenvalue weighted by Crippen LogP contribution is -1.73. The first-order valence-corrected chi connectivity index (χ1v) is 36.3. The largest absolute Gasteiger partial charge is 0.265 e. The van der Waals surface area contributed by atoms with Crippen LogP contribution in [0.4, 0.5) is 0 Å². The molecule has 0 N–H and O–H groups in total. The van der Waals surface area contributed by atoms with Gasteiger partial charge in [-0.25, -0.2) is 9.97 Å². The first-order valence-electron chi connectivity index (χ1n) is 36.3. The third-order valence-corrected chi connectivity index (χ3v) is 6.91. The molecule has 0 saturated heterocycles. The van der Waals surface area contributed by atoms with Crippen LogP contribution in [0.5, 0.6) is 0 Å². The molecule has 0 aliphatic rings. The van der Waals surface area contributed by atoms with Gasteiger partial charge in [-0.05, 0) is 99.4 Å². The summed E-state index contributed by atoms with van der Waals surface area (Å²) in [4.78, 5) is 26.8. The average Bonchev–Trinajstić information content (AvgIpc) is 1.01. The van der Waals surface area contributed by atoms with Crippen LogP contribution < -0.4 is 0 Å². The summed E-state index contributed by atoms with van der Waals surface area (Å²) in [6, 6.07) is 58.5. The monoisotopic (exact) mass is 1320 g/mol. The van der Waals surface area contributed by atoms with Crippen LogP contribution in [-0.4, -0.2) is 34.9 Å². The Kier molecular flexibility index (Phi) is 122. The van der Waals surface area contributed by atoms with Gasteiger partial charge in [0.15, 0.2) is 0 Å². The minimum Gasteiger partial charge on any atom is -0.265 e. The van der Waals surface area contributed by atoms with Crippen molar-refractivity contribution in [3.05, 3.63) is 250 Å². The van der Waals surface area contributed by atoms with E-state index in [0.717, 1.165) is 46.9 Å². The molecule has 5 aromatic heterocycles. The van der Waals surface area contributed by atoms with Crippen LogP contribution in [0.3, 0.4) is 0 Å². The van der Waals surface area contributed by atoms with Gasteiger partial charge in [-0.1, -0.05) is 382 Å². The van der Waals surface area contributed by atoms with Gasteiger partial charge in [0.2, 0.25) is 0 Å². The SMILES string of the molecule is CC.CC.CC.CC.CC.CC.CC.CC(C)C.CC(C)C.CC(C)C.CC(C)C.CC(C)C.CC(C)C.CC(C)C.c1ccc2ccccc2c1.c1ccc2cnccc2c1.c1ccc2ncccc2c1.c1ccccc1.c1ccncc1.c1cnccn1.c1cncnc1. The molecule has 10 rings (SSSR count). The molecule has 0 bridgehead atoms. The lowest BCUT2D eigenvalue weighted by molar-refractivity contribution is 0.736. The molecule has 0 aliphatic heterocycles. The summed E-state index contributed by atoms with van der Waals surface area (Å²) in [5, 5.41) is 6.27. The Morgan fingerprint density at radius 2 is 0.406 bits per heavy atom. The molecule has 0 fully saturated rings. The van der Waals surface area contributed by atoms with Gasteiger partial charge in [-0.15, -0.1) is 0 Å². The number of pyridine rings is 3. The first kappa shape index (κ1) is 113. The highest BCUT2D eigenvalue weighted by Crippen LogP contribution is 2.12. The topological polar surface area (TPSA) is 90.2 Å². The van der Waals surface area contributed by atoms with E-state index in [2.05, 4.69) is 253 Å². The Labute approximate surface area is 598 Å².